The van der Waals surface area contributed by atoms with Gasteiger partial charge in [-0.1, -0.05) is 38.5 Å². The third-order valence-electron chi connectivity index (χ3n) is 2.43. The first kappa shape index (κ1) is 14.2. The van der Waals surface area contributed by atoms with Gasteiger partial charge in [-0.3, -0.25) is 0 Å². The van der Waals surface area contributed by atoms with Gasteiger partial charge in [0, 0.05) is 13.6 Å². The molecule has 0 fully saturated rings. The molecule has 0 saturated carbocycles. The molecule has 3 nitrogen and oxygen atoms in total. The molecule has 1 aromatic rings. The number of hydrogen-bond acceptors (Lipinski definition) is 2. The van der Waals surface area contributed by atoms with Crippen molar-refractivity contribution in [2.24, 2.45) is 5.41 Å². The van der Waals surface area contributed by atoms with Crippen LogP contribution in [-0.4, -0.2) is 26.3 Å². The molecule has 17 heavy (non-hydrogen) atoms. The van der Waals surface area contributed by atoms with Crippen molar-refractivity contribution >= 4 is 10.0 Å². The highest BCUT2D eigenvalue weighted by Crippen LogP contribution is 2.20. The van der Waals surface area contributed by atoms with Crippen molar-refractivity contribution < 1.29 is 8.42 Å². The maximum absolute atomic E-state index is 12.2. The number of nitrogens with zero attached hydrogens (tertiary/aromatic N) is 1. The van der Waals surface area contributed by atoms with E-state index in [9.17, 15) is 8.42 Å². The van der Waals surface area contributed by atoms with Crippen LogP contribution in [0, 0.1) is 12.3 Å². The van der Waals surface area contributed by atoms with Crippen LogP contribution in [0.3, 0.4) is 0 Å². The summed E-state index contributed by atoms with van der Waals surface area (Å²) in [6.07, 6.45) is 0. The van der Waals surface area contributed by atoms with Crippen molar-refractivity contribution in [3.8, 4) is 0 Å². The molecule has 0 saturated heterocycles. The fraction of sp³-hybridized carbons (Fsp3) is 0.538. The maximum atomic E-state index is 12.2. The average molecular weight is 255 g/mol. The van der Waals surface area contributed by atoms with Gasteiger partial charge in [0.25, 0.3) is 0 Å². The molecule has 96 valence electrons. The molecule has 0 amide bonds. The number of hydrogen-bond donors (Lipinski definition) is 0. The molecule has 0 aliphatic heterocycles. The Morgan fingerprint density at radius 2 is 1.59 bits per heavy atom. The third-order valence-corrected chi connectivity index (χ3v) is 4.24. The molecule has 1 rings (SSSR count). The maximum Gasteiger partial charge on any atom is 0.242 e. The molecule has 0 unspecified atom stereocenters. The Morgan fingerprint density at radius 3 is 2.00 bits per heavy atom. The van der Waals surface area contributed by atoms with Crippen molar-refractivity contribution in [1.29, 1.82) is 0 Å². The molecule has 0 spiro atoms. The van der Waals surface area contributed by atoms with Gasteiger partial charge in [0.15, 0.2) is 0 Å². The molecule has 0 aliphatic carbocycles. The second-order valence-corrected chi connectivity index (χ2v) is 7.68. The van der Waals surface area contributed by atoms with Crippen molar-refractivity contribution in [3.63, 3.8) is 0 Å². The zero-order valence-electron chi connectivity index (χ0n) is 11.2. The minimum absolute atomic E-state index is 0.0491. The minimum Gasteiger partial charge on any atom is -0.207 e. The summed E-state index contributed by atoms with van der Waals surface area (Å²) in [5.74, 6) is 0. The Labute approximate surface area is 105 Å². The van der Waals surface area contributed by atoms with Gasteiger partial charge in [-0.25, -0.2) is 12.7 Å². The summed E-state index contributed by atoms with van der Waals surface area (Å²) in [6, 6.07) is 6.95. The van der Waals surface area contributed by atoms with Crippen molar-refractivity contribution in [2.75, 3.05) is 13.6 Å². The van der Waals surface area contributed by atoms with Crippen LogP contribution in [0.5, 0.6) is 0 Å². The van der Waals surface area contributed by atoms with Crippen LogP contribution in [0.25, 0.3) is 0 Å². The summed E-state index contributed by atoms with van der Waals surface area (Å²) >= 11 is 0. The van der Waals surface area contributed by atoms with Crippen LogP contribution in [-0.2, 0) is 10.0 Å². The van der Waals surface area contributed by atoms with Gasteiger partial charge in [0.05, 0.1) is 4.90 Å². The van der Waals surface area contributed by atoms with Crippen molar-refractivity contribution in [3.05, 3.63) is 29.8 Å². The summed E-state index contributed by atoms with van der Waals surface area (Å²) in [7, 11) is -1.73. The van der Waals surface area contributed by atoms with E-state index in [-0.39, 0.29) is 5.41 Å². The normalized spacial score (nSPS) is 13.1. The first-order valence-corrected chi connectivity index (χ1v) is 7.10. The lowest BCUT2D eigenvalue weighted by Crippen LogP contribution is -2.34. The van der Waals surface area contributed by atoms with E-state index < -0.39 is 10.0 Å². The summed E-state index contributed by atoms with van der Waals surface area (Å²) in [4.78, 5) is 0.356. The van der Waals surface area contributed by atoms with E-state index >= 15 is 0 Å². The number of benzene rings is 1. The quantitative estimate of drug-likeness (QED) is 0.832. The SMILES string of the molecule is Cc1ccc(S(=O)(=O)N(C)CC(C)(C)C)cc1. The predicted molar refractivity (Wildman–Crippen MR) is 70.4 cm³/mol. The average Bonchev–Trinajstić information content (AvgIpc) is 2.15. The topological polar surface area (TPSA) is 37.4 Å². The summed E-state index contributed by atoms with van der Waals surface area (Å²) < 4.78 is 25.9. The van der Waals surface area contributed by atoms with E-state index in [4.69, 9.17) is 0 Å². The third kappa shape index (κ3) is 3.82. The molecule has 0 aliphatic rings. The largest absolute Gasteiger partial charge is 0.242 e. The zero-order chi connectivity index (χ0) is 13.3. The van der Waals surface area contributed by atoms with E-state index in [1.165, 1.54) is 4.31 Å². The smallest absolute Gasteiger partial charge is 0.207 e. The number of aryl methyl sites for hydroxylation is 1. The lowest BCUT2D eigenvalue weighted by molar-refractivity contribution is 0.311. The molecule has 4 heteroatoms. The van der Waals surface area contributed by atoms with E-state index in [1.54, 1.807) is 19.2 Å². The highest BCUT2D eigenvalue weighted by Gasteiger charge is 2.24. The highest BCUT2D eigenvalue weighted by molar-refractivity contribution is 7.89. The van der Waals surface area contributed by atoms with E-state index in [2.05, 4.69) is 0 Å². The van der Waals surface area contributed by atoms with Crippen LogP contribution in [0.1, 0.15) is 26.3 Å². The van der Waals surface area contributed by atoms with Gasteiger partial charge in [-0.2, -0.15) is 0 Å². The van der Waals surface area contributed by atoms with Crippen molar-refractivity contribution in [2.45, 2.75) is 32.6 Å². The number of rotatable bonds is 3. The molecular formula is C13H21NO2S. The van der Waals surface area contributed by atoms with Crippen LogP contribution < -0.4 is 0 Å². The van der Waals surface area contributed by atoms with Gasteiger partial charge >= 0.3 is 0 Å². The number of sulfonamides is 1. The summed E-state index contributed by atoms with van der Waals surface area (Å²) in [5, 5.41) is 0. The second kappa shape index (κ2) is 4.78. The van der Waals surface area contributed by atoms with Gasteiger partial charge < -0.3 is 0 Å². The Hall–Kier alpha value is -0.870. The lowest BCUT2D eigenvalue weighted by Gasteiger charge is -2.26. The highest BCUT2D eigenvalue weighted by atomic mass is 32.2. The predicted octanol–water partition coefficient (Wildman–Crippen LogP) is 2.66. The summed E-state index contributed by atoms with van der Waals surface area (Å²) in [5.41, 5.74) is 1.01. The van der Waals surface area contributed by atoms with Gasteiger partial charge in [0.2, 0.25) is 10.0 Å². The molecule has 0 bridgehead atoms. The van der Waals surface area contributed by atoms with Crippen molar-refractivity contribution in [1.82, 2.24) is 4.31 Å². The van der Waals surface area contributed by atoms with Gasteiger partial charge in [-0.15, -0.1) is 0 Å². The molecule has 0 heterocycles. The first-order chi connectivity index (χ1) is 7.63. The molecule has 1 aromatic carbocycles. The lowest BCUT2D eigenvalue weighted by atomic mass is 9.97. The second-order valence-electron chi connectivity index (χ2n) is 5.63. The van der Waals surface area contributed by atoms with Crippen LogP contribution in [0.15, 0.2) is 29.2 Å². The Bertz CT molecular complexity index is 469. The Balaban J connectivity index is 2.99. The zero-order valence-corrected chi connectivity index (χ0v) is 12.0. The van der Waals surface area contributed by atoms with E-state index in [1.807, 2.05) is 39.8 Å². The monoisotopic (exact) mass is 255 g/mol. The summed E-state index contributed by atoms with van der Waals surface area (Å²) in [6.45, 7) is 8.51. The fourth-order valence-corrected chi connectivity index (χ4v) is 3.04. The van der Waals surface area contributed by atoms with Crippen LogP contribution in [0.4, 0.5) is 0 Å². The minimum atomic E-state index is -3.36. The molecule has 0 radical (unpaired) electrons. The van der Waals surface area contributed by atoms with Gasteiger partial charge in [0.1, 0.15) is 0 Å². The Kier molecular flexibility index (Phi) is 3.99. The van der Waals surface area contributed by atoms with E-state index in [0.29, 0.717) is 11.4 Å². The first-order valence-electron chi connectivity index (χ1n) is 5.66. The van der Waals surface area contributed by atoms with E-state index in [0.717, 1.165) is 5.56 Å². The van der Waals surface area contributed by atoms with Crippen LogP contribution in [0.2, 0.25) is 0 Å². The standard InChI is InChI=1S/C13H21NO2S/c1-11-6-8-12(9-7-11)17(15,16)14(5)10-13(2,3)4/h6-9H,10H2,1-5H3. The molecule has 0 N–H and O–H groups in total. The van der Waals surface area contributed by atoms with Gasteiger partial charge in [-0.05, 0) is 24.5 Å². The fourth-order valence-electron chi connectivity index (χ4n) is 1.64. The molecule has 0 atom stereocenters. The molecule has 0 aromatic heterocycles. The molecular weight excluding hydrogens is 234 g/mol. The van der Waals surface area contributed by atoms with Crippen LogP contribution >= 0.6 is 0 Å². The Morgan fingerprint density at radius 1 is 1.12 bits per heavy atom.